The number of aryl methyl sites for hydroxylation is 4. The summed E-state index contributed by atoms with van der Waals surface area (Å²) in [5, 5.41) is 20.3. The number of ether oxygens (including phenoxy) is 6. The first-order chi connectivity index (χ1) is 39.2. The van der Waals surface area contributed by atoms with Gasteiger partial charge in [-0.3, -0.25) is 0 Å². The Balaban J connectivity index is 1.89. The van der Waals surface area contributed by atoms with Crippen molar-refractivity contribution in [2.75, 3.05) is 52.9 Å². The van der Waals surface area contributed by atoms with Gasteiger partial charge in [-0.2, -0.15) is 0 Å². The van der Waals surface area contributed by atoms with Gasteiger partial charge in [0.1, 0.15) is 23.0 Å². The Morgan fingerprint density at radius 2 is 0.600 bits per heavy atom. The Kier molecular flexibility index (Phi) is 31.1. The van der Waals surface area contributed by atoms with Gasteiger partial charge in [0.15, 0.2) is 0 Å². The Hall–Kier alpha value is -5.58. The number of carbonyl (C=O) groups excluding carboxylic acids is 2. The molecule has 0 saturated heterocycles. The van der Waals surface area contributed by atoms with Crippen LogP contribution in [0, 0.1) is 0 Å². The third-order valence-corrected chi connectivity index (χ3v) is 15.0. The lowest BCUT2D eigenvalue weighted by Gasteiger charge is -2.25. The Morgan fingerprint density at radius 3 is 0.812 bits per heavy atom. The molecule has 0 radical (unpaired) electrons. The molecule has 2 N–H and O–H groups in total. The van der Waals surface area contributed by atoms with Crippen molar-refractivity contribution in [3.05, 3.63) is 141 Å². The van der Waals surface area contributed by atoms with Gasteiger partial charge in [-0.15, -0.1) is 0 Å². The van der Waals surface area contributed by atoms with E-state index in [4.69, 9.17) is 28.4 Å². The van der Waals surface area contributed by atoms with Crippen molar-refractivity contribution < 1.29 is 48.2 Å². The van der Waals surface area contributed by atoms with Gasteiger partial charge in [-0.05, 0) is 118 Å². The summed E-state index contributed by atoms with van der Waals surface area (Å²) in [6.07, 6.45) is 28.5. The zero-order valence-electron chi connectivity index (χ0n) is 49.8. The number of benzene rings is 4. The summed E-state index contributed by atoms with van der Waals surface area (Å²) in [6.45, 7) is 18.0. The quantitative estimate of drug-likeness (QED) is 0.0222. The fourth-order valence-electron chi connectivity index (χ4n) is 10.9. The molecule has 0 fully saturated rings. The molecule has 10 heteroatoms. The van der Waals surface area contributed by atoms with Crippen LogP contribution >= 0.6 is 0 Å². The number of carbonyl (C=O) groups is 2. The SMILES string of the molecule is C=CC(=O)OCCCOc1c2cc(CCCCCC)cc1Cc1cc(CCCCCC)cc(c1OCCCO)Cc1cc(CCCCCC)cc(c1OCCCOC(=O)C=C)Cc1cc(CCCCCC)cc(c1OCCCO)C2. The normalized spacial score (nSPS) is 12.0. The van der Waals surface area contributed by atoms with Crippen LogP contribution in [0.2, 0.25) is 0 Å². The second-order valence-corrected chi connectivity index (χ2v) is 21.9. The van der Waals surface area contributed by atoms with Crippen LogP contribution in [0.1, 0.15) is 223 Å². The maximum atomic E-state index is 12.2. The summed E-state index contributed by atoms with van der Waals surface area (Å²) in [5.74, 6) is 2.40. The van der Waals surface area contributed by atoms with Crippen LogP contribution in [0.5, 0.6) is 23.0 Å². The molecule has 0 aliphatic heterocycles. The second-order valence-electron chi connectivity index (χ2n) is 21.9. The third-order valence-electron chi connectivity index (χ3n) is 15.0. The summed E-state index contributed by atoms with van der Waals surface area (Å²) >= 11 is 0. The molecule has 0 amide bonds. The number of hydrogen-bond acceptors (Lipinski definition) is 10. The number of rotatable bonds is 40. The zero-order valence-corrected chi connectivity index (χ0v) is 49.8. The summed E-state index contributed by atoms with van der Waals surface area (Å²) in [6, 6.07) is 18.9. The zero-order chi connectivity index (χ0) is 57.2. The molecule has 0 aromatic heterocycles. The van der Waals surface area contributed by atoms with Gasteiger partial charge in [0.05, 0.1) is 39.6 Å². The molecule has 4 aromatic carbocycles. The largest absolute Gasteiger partial charge is 0.493 e. The summed E-state index contributed by atoms with van der Waals surface area (Å²) in [7, 11) is 0. The van der Waals surface area contributed by atoms with E-state index in [-0.39, 0.29) is 26.4 Å². The van der Waals surface area contributed by atoms with E-state index in [1.54, 1.807) is 0 Å². The van der Waals surface area contributed by atoms with Crippen molar-refractivity contribution in [2.45, 2.75) is 207 Å². The smallest absolute Gasteiger partial charge is 0.330 e. The van der Waals surface area contributed by atoms with E-state index in [0.29, 0.717) is 77.8 Å². The summed E-state index contributed by atoms with van der Waals surface area (Å²) < 4.78 is 39.0. The fourth-order valence-corrected chi connectivity index (χ4v) is 10.9. The van der Waals surface area contributed by atoms with Crippen molar-refractivity contribution in [2.24, 2.45) is 0 Å². The van der Waals surface area contributed by atoms with Gasteiger partial charge >= 0.3 is 11.9 Å². The van der Waals surface area contributed by atoms with E-state index in [9.17, 15) is 19.8 Å². The maximum Gasteiger partial charge on any atom is 0.330 e. The number of unbranched alkanes of at least 4 members (excludes halogenated alkanes) is 12. The molecule has 0 heterocycles. The van der Waals surface area contributed by atoms with Crippen molar-refractivity contribution in [3.63, 3.8) is 0 Å². The van der Waals surface area contributed by atoms with E-state index in [1.807, 2.05) is 0 Å². The molecule has 440 valence electrons. The topological polar surface area (TPSA) is 130 Å². The van der Waals surface area contributed by atoms with Crippen LogP contribution < -0.4 is 18.9 Å². The van der Waals surface area contributed by atoms with E-state index in [2.05, 4.69) is 89.4 Å². The summed E-state index contributed by atoms with van der Waals surface area (Å²) in [4.78, 5) is 24.3. The van der Waals surface area contributed by atoms with Crippen molar-refractivity contribution in [1.82, 2.24) is 0 Å². The molecule has 4 aromatic rings. The molecule has 0 spiro atoms. The molecule has 5 rings (SSSR count). The second kappa shape index (κ2) is 38.2. The van der Waals surface area contributed by atoms with Crippen LogP contribution in [-0.2, 0) is 70.4 Å². The molecule has 1 aliphatic carbocycles. The average molecular weight is 1100 g/mol. The third kappa shape index (κ3) is 22.4. The van der Waals surface area contributed by atoms with E-state index in [0.717, 1.165) is 170 Å². The molecule has 1 aliphatic rings. The van der Waals surface area contributed by atoms with Crippen LogP contribution in [0.15, 0.2) is 73.8 Å². The highest BCUT2D eigenvalue weighted by Gasteiger charge is 2.25. The highest BCUT2D eigenvalue weighted by molar-refractivity contribution is 5.81. The van der Waals surface area contributed by atoms with Crippen LogP contribution in [0.25, 0.3) is 0 Å². The van der Waals surface area contributed by atoms with Crippen LogP contribution in [0.3, 0.4) is 0 Å². The molecule has 0 saturated carbocycles. The number of aliphatic hydroxyl groups excluding tert-OH is 2. The van der Waals surface area contributed by atoms with Crippen LogP contribution in [0.4, 0.5) is 0 Å². The Labute approximate surface area is 482 Å². The lowest BCUT2D eigenvalue weighted by atomic mass is 9.87. The van der Waals surface area contributed by atoms with E-state index < -0.39 is 11.9 Å². The van der Waals surface area contributed by atoms with Gasteiger partial charge in [0.25, 0.3) is 0 Å². The number of aliphatic hydroxyl groups is 2. The average Bonchev–Trinajstić information content (AvgIpc) is 3.47. The van der Waals surface area contributed by atoms with Gasteiger partial charge in [0, 0.05) is 76.7 Å². The maximum absolute atomic E-state index is 12.2. The number of esters is 2. The highest BCUT2D eigenvalue weighted by atomic mass is 16.5. The van der Waals surface area contributed by atoms with Crippen molar-refractivity contribution in [1.29, 1.82) is 0 Å². The lowest BCUT2D eigenvalue weighted by Crippen LogP contribution is -2.13. The molecular weight excluding hydrogens is 1000 g/mol. The Bertz CT molecular complexity index is 2220. The molecule has 8 bridgehead atoms. The lowest BCUT2D eigenvalue weighted by molar-refractivity contribution is -0.138. The first-order valence-electron chi connectivity index (χ1n) is 31.1. The first kappa shape index (κ1) is 65.2. The molecule has 0 atom stereocenters. The van der Waals surface area contributed by atoms with E-state index in [1.165, 1.54) is 60.1 Å². The minimum atomic E-state index is -0.454. The first-order valence-corrected chi connectivity index (χ1v) is 31.1. The Morgan fingerprint density at radius 1 is 0.362 bits per heavy atom. The minimum Gasteiger partial charge on any atom is -0.493 e. The molecule has 10 nitrogen and oxygen atoms in total. The van der Waals surface area contributed by atoms with Gasteiger partial charge in [0.2, 0.25) is 0 Å². The van der Waals surface area contributed by atoms with Gasteiger partial charge in [-0.1, -0.05) is 166 Å². The van der Waals surface area contributed by atoms with Crippen LogP contribution in [-0.4, -0.2) is 75.0 Å². The van der Waals surface area contributed by atoms with E-state index >= 15 is 0 Å². The highest BCUT2D eigenvalue weighted by Crippen LogP contribution is 2.42. The minimum absolute atomic E-state index is 0.0134. The van der Waals surface area contributed by atoms with Crippen molar-refractivity contribution >= 4 is 11.9 Å². The predicted molar refractivity (Wildman–Crippen MR) is 325 cm³/mol. The molecular formula is C70H100O10. The number of fused-ring (bicyclic) bond motifs is 8. The fraction of sp³-hybridized carbons (Fsp3) is 0.571. The predicted octanol–water partition coefficient (Wildman–Crippen LogP) is 15.4. The summed E-state index contributed by atoms with van der Waals surface area (Å²) in [5.41, 5.74) is 13.6. The standard InChI is InChI=1S/C70H100O10/c1-7-13-17-21-29-53-41-57-49-61-45-55(31-23-19-15-9-3)47-63(69(61)79-39-27-37-75-65(73)11-5)51-59-43-54(30-22-18-14-8-2)44-60(68(59)78-36-26-34-72)52-64-48-56(32-24-20-16-10-4)46-62(50-58(42-53)67(57)77-35-25-33-71)70(64)80-40-28-38-76-66(74)12-6/h11-12,41-48,71-72H,5-10,13-40,49-52H2,1-4H3. The van der Waals surface area contributed by atoms with Gasteiger partial charge < -0.3 is 38.6 Å². The molecule has 80 heavy (non-hydrogen) atoms. The van der Waals surface area contributed by atoms with Gasteiger partial charge in [-0.25, -0.2) is 9.59 Å². The number of hydrogen-bond donors (Lipinski definition) is 2. The monoisotopic (exact) mass is 1100 g/mol. The molecule has 0 unspecified atom stereocenters. The van der Waals surface area contributed by atoms with Crippen molar-refractivity contribution in [3.8, 4) is 23.0 Å².